The average molecular weight is 531 g/mol. The quantitative estimate of drug-likeness (QED) is 0.199. The first-order chi connectivity index (χ1) is 14.2. The van der Waals surface area contributed by atoms with Gasteiger partial charge in [0.05, 0.1) is 0 Å². The lowest BCUT2D eigenvalue weighted by molar-refractivity contribution is -0.122. The topological polar surface area (TPSA) is 68.8 Å². The number of guanidine groups is 1. The van der Waals surface area contributed by atoms with E-state index in [0.717, 1.165) is 63.4 Å². The third kappa shape index (κ3) is 8.37. The zero-order chi connectivity index (χ0) is 20.5. The molecule has 8 heteroatoms. The van der Waals surface area contributed by atoms with E-state index in [1.54, 1.807) is 6.07 Å². The van der Waals surface area contributed by atoms with Crippen molar-refractivity contribution in [1.82, 2.24) is 20.9 Å². The molecule has 1 saturated heterocycles. The largest absolute Gasteiger partial charge is 0.357 e. The number of hydrogen-bond acceptors (Lipinski definition) is 3. The Labute approximate surface area is 196 Å². The molecule has 3 N–H and O–H groups in total. The molecule has 1 heterocycles. The van der Waals surface area contributed by atoms with Crippen molar-refractivity contribution in [3.05, 3.63) is 35.6 Å². The van der Waals surface area contributed by atoms with Crippen LogP contribution in [0.2, 0.25) is 0 Å². The Morgan fingerprint density at radius 2 is 1.80 bits per heavy atom. The second-order valence-corrected chi connectivity index (χ2v) is 8.02. The first-order valence-corrected chi connectivity index (χ1v) is 10.9. The minimum absolute atomic E-state index is 0. The predicted octanol–water partition coefficient (Wildman–Crippen LogP) is 2.74. The minimum Gasteiger partial charge on any atom is -0.357 e. The van der Waals surface area contributed by atoms with E-state index in [4.69, 9.17) is 4.99 Å². The summed E-state index contributed by atoms with van der Waals surface area (Å²) in [6, 6.07) is 7.03. The molecular formula is C22H35FIN5O. The van der Waals surface area contributed by atoms with Crippen molar-refractivity contribution >= 4 is 35.8 Å². The number of aliphatic imine (C=N–C) groups is 1. The van der Waals surface area contributed by atoms with Crippen molar-refractivity contribution in [2.24, 2.45) is 16.8 Å². The SMILES string of the molecule is CCNC(=NCC1CCN(Cc2ccccc2F)CC1)NCCNC(=O)C1CC1.I. The lowest BCUT2D eigenvalue weighted by Gasteiger charge is -2.31. The summed E-state index contributed by atoms with van der Waals surface area (Å²) in [5.74, 6) is 1.67. The number of hydrogen-bond donors (Lipinski definition) is 3. The molecule has 1 aliphatic heterocycles. The smallest absolute Gasteiger partial charge is 0.223 e. The van der Waals surface area contributed by atoms with Crippen LogP contribution in [0.3, 0.4) is 0 Å². The highest BCUT2D eigenvalue weighted by molar-refractivity contribution is 14.0. The van der Waals surface area contributed by atoms with Gasteiger partial charge < -0.3 is 16.0 Å². The van der Waals surface area contributed by atoms with E-state index in [-0.39, 0.29) is 41.6 Å². The van der Waals surface area contributed by atoms with E-state index < -0.39 is 0 Å². The Balaban J connectivity index is 0.00000320. The van der Waals surface area contributed by atoms with Crippen molar-refractivity contribution in [3.63, 3.8) is 0 Å². The molecule has 2 fully saturated rings. The summed E-state index contributed by atoms with van der Waals surface area (Å²) in [6.45, 7) is 7.57. The van der Waals surface area contributed by atoms with E-state index in [1.165, 1.54) is 6.07 Å². The van der Waals surface area contributed by atoms with Crippen LogP contribution in [0.25, 0.3) is 0 Å². The molecule has 6 nitrogen and oxygen atoms in total. The summed E-state index contributed by atoms with van der Waals surface area (Å²) in [5.41, 5.74) is 0.774. The number of carbonyl (C=O) groups is 1. The van der Waals surface area contributed by atoms with Crippen molar-refractivity contribution in [1.29, 1.82) is 0 Å². The van der Waals surface area contributed by atoms with Crippen LogP contribution in [0.1, 0.15) is 38.2 Å². The zero-order valence-corrected chi connectivity index (χ0v) is 20.2. The van der Waals surface area contributed by atoms with Crippen LogP contribution >= 0.6 is 24.0 Å². The molecular weight excluding hydrogens is 496 g/mol. The van der Waals surface area contributed by atoms with E-state index in [9.17, 15) is 9.18 Å². The van der Waals surface area contributed by atoms with Crippen molar-refractivity contribution in [2.75, 3.05) is 39.3 Å². The number of nitrogens with one attached hydrogen (secondary N) is 3. The molecule has 1 aromatic rings. The fourth-order valence-corrected chi connectivity index (χ4v) is 3.61. The van der Waals surface area contributed by atoms with Gasteiger partial charge in [-0.25, -0.2) is 4.39 Å². The third-order valence-electron chi connectivity index (χ3n) is 5.58. The monoisotopic (exact) mass is 531 g/mol. The molecule has 168 valence electrons. The molecule has 1 aromatic carbocycles. The average Bonchev–Trinajstić information content (AvgIpc) is 3.57. The predicted molar refractivity (Wildman–Crippen MR) is 130 cm³/mol. The highest BCUT2D eigenvalue weighted by Crippen LogP contribution is 2.28. The van der Waals surface area contributed by atoms with Crippen molar-refractivity contribution in [3.8, 4) is 0 Å². The van der Waals surface area contributed by atoms with E-state index >= 15 is 0 Å². The second kappa shape index (κ2) is 13.1. The lowest BCUT2D eigenvalue weighted by atomic mass is 9.96. The van der Waals surface area contributed by atoms with E-state index in [1.807, 2.05) is 19.1 Å². The van der Waals surface area contributed by atoms with Gasteiger partial charge in [-0.05, 0) is 57.7 Å². The van der Waals surface area contributed by atoms with E-state index in [0.29, 0.717) is 25.6 Å². The molecule has 1 amide bonds. The van der Waals surface area contributed by atoms with Gasteiger partial charge in [-0.2, -0.15) is 0 Å². The van der Waals surface area contributed by atoms with Gasteiger partial charge in [0.1, 0.15) is 5.82 Å². The Kier molecular flexibility index (Phi) is 10.8. The number of benzene rings is 1. The van der Waals surface area contributed by atoms with Crippen LogP contribution in [0.5, 0.6) is 0 Å². The van der Waals surface area contributed by atoms with Crippen molar-refractivity contribution < 1.29 is 9.18 Å². The van der Waals surface area contributed by atoms with Gasteiger partial charge in [0.2, 0.25) is 5.91 Å². The second-order valence-electron chi connectivity index (χ2n) is 8.02. The Morgan fingerprint density at radius 1 is 1.10 bits per heavy atom. The maximum Gasteiger partial charge on any atom is 0.223 e. The van der Waals surface area contributed by atoms with Gasteiger partial charge in [-0.1, -0.05) is 18.2 Å². The molecule has 0 unspecified atom stereocenters. The highest BCUT2D eigenvalue weighted by Gasteiger charge is 2.29. The fourth-order valence-electron chi connectivity index (χ4n) is 3.61. The van der Waals surface area contributed by atoms with Crippen LogP contribution in [-0.2, 0) is 11.3 Å². The normalized spacial score (nSPS) is 17.9. The van der Waals surface area contributed by atoms with Gasteiger partial charge in [-0.3, -0.25) is 14.7 Å². The fraction of sp³-hybridized carbons (Fsp3) is 0.636. The molecule has 0 atom stereocenters. The summed E-state index contributed by atoms with van der Waals surface area (Å²) in [7, 11) is 0. The molecule has 1 aliphatic carbocycles. The Morgan fingerprint density at radius 3 is 2.47 bits per heavy atom. The highest BCUT2D eigenvalue weighted by atomic mass is 127. The van der Waals surface area contributed by atoms with Crippen LogP contribution in [-0.4, -0.2) is 56.0 Å². The molecule has 2 aliphatic rings. The van der Waals surface area contributed by atoms with E-state index in [2.05, 4.69) is 20.9 Å². The number of amides is 1. The van der Waals surface area contributed by atoms with Gasteiger partial charge in [0.15, 0.2) is 5.96 Å². The van der Waals surface area contributed by atoms with Gasteiger partial charge in [0, 0.05) is 44.2 Å². The standard InChI is InChI=1S/C22H34FN5O.HI/c1-2-24-22(26-12-11-25-21(29)18-7-8-18)27-15-17-9-13-28(14-10-17)16-19-5-3-4-6-20(19)23;/h3-6,17-18H,2,7-16H2,1H3,(H,25,29)(H2,24,26,27);1H. The molecule has 0 radical (unpaired) electrons. The van der Waals surface area contributed by atoms with Crippen LogP contribution < -0.4 is 16.0 Å². The number of nitrogens with zero attached hydrogens (tertiary/aromatic N) is 2. The number of rotatable bonds is 9. The maximum absolute atomic E-state index is 13.8. The molecule has 30 heavy (non-hydrogen) atoms. The van der Waals surface area contributed by atoms with Crippen molar-refractivity contribution in [2.45, 2.75) is 39.2 Å². The maximum atomic E-state index is 13.8. The van der Waals surface area contributed by atoms with Crippen LogP contribution in [0.4, 0.5) is 4.39 Å². The molecule has 0 aromatic heterocycles. The zero-order valence-electron chi connectivity index (χ0n) is 17.8. The molecule has 0 bridgehead atoms. The molecule has 3 rings (SSSR count). The Bertz CT molecular complexity index is 690. The number of piperidine rings is 1. The van der Waals surface area contributed by atoms with Crippen LogP contribution in [0, 0.1) is 17.7 Å². The number of likely N-dealkylation sites (tertiary alicyclic amines) is 1. The number of carbonyl (C=O) groups excluding carboxylic acids is 1. The molecule has 1 saturated carbocycles. The van der Waals surface area contributed by atoms with Crippen LogP contribution in [0.15, 0.2) is 29.3 Å². The summed E-state index contributed by atoms with van der Waals surface area (Å²) < 4.78 is 13.8. The lowest BCUT2D eigenvalue weighted by Crippen LogP contribution is -2.42. The van der Waals surface area contributed by atoms with Gasteiger partial charge in [-0.15, -0.1) is 24.0 Å². The summed E-state index contributed by atoms with van der Waals surface area (Å²) in [5, 5.41) is 9.52. The van der Waals surface area contributed by atoms with Gasteiger partial charge in [0.25, 0.3) is 0 Å². The minimum atomic E-state index is -0.117. The first-order valence-electron chi connectivity index (χ1n) is 10.9. The summed E-state index contributed by atoms with van der Waals surface area (Å²) in [4.78, 5) is 18.7. The van der Waals surface area contributed by atoms with Gasteiger partial charge >= 0.3 is 0 Å². The first kappa shape index (κ1) is 24.8. The third-order valence-corrected chi connectivity index (χ3v) is 5.58. The summed E-state index contributed by atoms with van der Waals surface area (Å²) in [6.07, 6.45) is 4.22. The summed E-state index contributed by atoms with van der Waals surface area (Å²) >= 11 is 0. The number of halogens is 2. The Hall–Kier alpha value is -1.42. The molecule has 0 spiro atoms.